The summed E-state index contributed by atoms with van der Waals surface area (Å²) in [5.41, 5.74) is 3.04. The van der Waals surface area contributed by atoms with Gasteiger partial charge in [-0.05, 0) is 24.6 Å². The Kier molecular flexibility index (Phi) is 6.70. The van der Waals surface area contributed by atoms with Crippen molar-refractivity contribution in [2.45, 2.75) is 19.9 Å². The SMILES string of the molecule is COc1ccc(CC(=O)N2CCN(Cc3nc(-c4ccc(C)cc4)no3)CC2)cc1OC. The summed E-state index contributed by atoms with van der Waals surface area (Å²) < 4.78 is 16.0. The predicted molar refractivity (Wildman–Crippen MR) is 120 cm³/mol. The second-order valence-electron chi connectivity index (χ2n) is 7.90. The van der Waals surface area contributed by atoms with Gasteiger partial charge in [-0.25, -0.2) is 0 Å². The molecule has 32 heavy (non-hydrogen) atoms. The molecule has 1 amide bonds. The molecular formula is C24H28N4O4. The Morgan fingerprint density at radius 3 is 2.41 bits per heavy atom. The maximum Gasteiger partial charge on any atom is 0.241 e. The van der Waals surface area contributed by atoms with Crippen molar-refractivity contribution in [3.63, 3.8) is 0 Å². The Morgan fingerprint density at radius 2 is 1.72 bits per heavy atom. The first-order valence-corrected chi connectivity index (χ1v) is 10.7. The van der Waals surface area contributed by atoms with Crippen molar-refractivity contribution in [2.75, 3.05) is 40.4 Å². The predicted octanol–water partition coefficient (Wildman–Crippen LogP) is 2.95. The number of nitrogens with zero attached hydrogens (tertiary/aromatic N) is 4. The van der Waals surface area contributed by atoms with Crippen molar-refractivity contribution in [3.8, 4) is 22.9 Å². The van der Waals surface area contributed by atoms with E-state index >= 15 is 0 Å². The molecule has 1 fully saturated rings. The number of benzene rings is 2. The number of ether oxygens (including phenoxy) is 2. The van der Waals surface area contributed by atoms with Crippen LogP contribution >= 0.6 is 0 Å². The lowest BCUT2D eigenvalue weighted by Gasteiger charge is -2.34. The van der Waals surface area contributed by atoms with Gasteiger partial charge in [-0.3, -0.25) is 9.69 Å². The van der Waals surface area contributed by atoms with E-state index in [1.807, 2.05) is 54.3 Å². The molecule has 0 radical (unpaired) electrons. The fraction of sp³-hybridized carbons (Fsp3) is 0.375. The number of amides is 1. The van der Waals surface area contributed by atoms with E-state index in [1.54, 1.807) is 14.2 Å². The normalized spacial score (nSPS) is 14.4. The molecule has 0 aliphatic carbocycles. The first kappa shape index (κ1) is 21.8. The van der Waals surface area contributed by atoms with Gasteiger partial charge in [0, 0.05) is 31.7 Å². The van der Waals surface area contributed by atoms with E-state index in [1.165, 1.54) is 5.56 Å². The van der Waals surface area contributed by atoms with Crippen LogP contribution in [0.3, 0.4) is 0 Å². The van der Waals surface area contributed by atoms with Crippen molar-refractivity contribution in [1.82, 2.24) is 19.9 Å². The van der Waals surface area contributed by atoms with E-state index in [0.717, 1.165) is 24.2 Å². The smallest absolute Gasteiger partial charge is 0.241 e. The molecule has 1 aromatic heterocycles. The van der Waals surface area contributed by atoms with Crippen LogP contribution in [0.25, 0.3) is 11.4 Å². The number of piperazine rings is 1. The fourth-order valence-electron chi connectivity index (χ4n) is 3.76. The van der Waals surface area contributed by atoms with E-state index in [-0.39, 0.29) is 5.91 Å². The molecule has 8 heteroatoms. The first-order valence-electron chi connectivity index (χ1n) is 10.7. The van der Waals surface area contributed by atoms with E-state index in [9.17, 15) is 4.79 Å². The molecule has 1 saturated heterocycles. The van der Waals surface area contributed by atoms with Crippen LogP contribution in [0.5, 0.6) is 11.5 Å². The summed E-state index contributed by atoms with van der Waals surface area (Å²) in [5, 5.41) is 4.10. The van der Waals surface area contributed by atoms with Gasteiger partial charge in [0.2, 0.25) is 17.6 Å². The van der Waals surface area contributed by atoms with Gasteiger partial charge in [-0.15, -0.1) is 0 Å². The van der Waals surface area contributed by atoms with E-state index < -0.39 is 0 Å². The van der Waals surface area contributed by atoms with E-state index in [4.69, 9.17) is 14.0 Å². The lowest BCUT2D eigenvalue weighted by atomic mass is 10.1. The number of methoxy groups -OCH3 is 2. The van der Waals surface area contributed by atoms with Crippen LogP contribution in [0.2, 0.25) is 0 Å². The number of hydrogen-bond acceptors (Lipinski definition) is 7. The van der Waals surface area contributed by atoms with Crippen molar-refractivity contribution < 1.29 is 18.8 Å². The monoisotopic (exact) mass is 436 g/mol. The average molecular weight is 437 g/mol. The maximum atomic E-state index is 12.8. The van der Waals surface area contributed by atoms with Crippen molar-refractivity contribution in [3.05, 3.63) is 59.5 Å². The summed E-state index contributed by atoms with van der Waals surface area (Å²) in [7, 11) is 3.19. The largest absolute Gasteiger partial charge is 0.493 e. The second-order valence-corrected chi connectivity index (χ2v) is 7.90. The first-order chi connectivity index (χ1) is 15.6. The minimum atomic E-state index is 0.108. The van der Waals surface area contributed by atoms with Crippen LogP contribution < -0.4 is 9.47 Å². The number of aryl methyl sites for hydroxylation is 1. The van der Waals surface area contributed by atoms with E-state index in [0.29, 0.717) is 49.3 Å². The van der Waals surface area contributed by atoms with Gasteiger partial charge in [0.05, 0.1) is 27.2 Å². The molecule has 3 aromatic rings. The second kappa shape index (κ2) is 9.82. The van der Waals surface area contributed by atoms with Gasteiger partial charge < -0.3 is 18.9 Å². The molecule has 8 nitrogen and oxygen atoms in total. The van der Waals surface area contributed by atoms with Crippen LogP contribution in [-0.4, -0.2) is 66.2 Å². The summed E-state index contributed by atoms with van der Waals surface area (Å²) in [6, 6.07) is 13.6. The summed E-state index contributed by atoms with van der Waals surface area (Å²) in [6.45, 7) is 5.50. The maximum absolute atomic E-state index is 12.8. The Morgan fingerprint density at radius 1 is 1.00 bits per heavy atom. The van der Waals surface area contributed by atoms with Crippen LogP contribution in [0, 0.1) is 6.92 Å². The highest BCUT2D eigenvalue weighted by molar-refractivity contribution is 5.79. The third kappa shape index (κ3) is 5.08. The number of carbonyl (C=O) groups excluding carboxylic acids is 1. The standard InChI is InChI=1S/C24H28N4O4/c1-17-4-7-19(8-5-17)24-25-22(32-26-24)16-27-10-12-28(13-11-27)23(29)15-18-6-9-20(30-2)21(14-18)31-3/h4-9,14H,10-13,15-16H2,1-3H3. The zero-order chi connectivity index (χ0) is 22.5. The van der Waals surface area contributed by atoms with Gasteiger partial charge in [-0.1, -0.05) is 41.1 Å². The topological polar surface area (TPSA) is 80.9 Å². The fourth-order valence-corrected chi connectivity index (χ4v) is 3.76. The summed E-state index contributed by atoms with van der Waals surface area (Å²) in [5.74, 6) is 2.58. The molecule has 0 bridgehead atoms. The third-order valence-electron chi connectivity index (χ3n) is 5.67. The van der Waals surface area contributed by atoms with Crippen LogP contribution in [0.1, 0.15) is 17.0 Å². The van der Waals surface area contributed by atoms with Crippen LogP contribution in [-0.2, 0) is 17.8 Å². The van der Waals surface area contributed by atoms with Gasteiger partial charge in [0.15, 0.2) is 11.5 Å². The molecule has 0 unspecified atom stereocenters. The summed E-state index contributed by atoms with van der Waals surface area (Å²) in [4.78, 5) is 21.4. The van der Waals surface area contributed by atoms with Gasteiger partial charge in [0.1, 0.15) is 0 Å². The molecule has 0 N–H and O–H groups in total. The number of rotatable bonds is 7. The lowest BCUT2D eigenvalue weighted by Crippen LogP contribution is -2.48. The molecule has 0 atom stereocenters. The molecule has 0 spiro atoms. The van der Waals surface area contributed by atoms with Gasteiger partial charge in [-0.2, -0.15) is 4.98 Å². The zero-order valence-electron chi connectivity index (χ0n) is 18.7. The van der Waals surface area contributed by atoms with Crippen LogP contribution in [0.4, 0.5) is 0 Å². The average Bonchev–Trinajstić information content (AvgIpc) is 3.28. The summed E-state index contributed by atoms with van der Waals surface area (Å²) >= 11 is 0. The summed E-state index contributed by atoms with van der Waals surface area (Å²) in [6.07, 6.45) is 0.337. The highest BCUT2D eigenvalue weighted by Crippen LogP contribution is 2.28. The highest BCUT2D eigenvalue weighted by atomic mass is 16.5. The van der Waals surface area contributed by atoms with Crippen molar-refractivity contribution >= 4 is 5.91 Å². The molecule has 1 aliphatic heterocycles. The molecule has 0 saturated carbocycles. The quantitative estimate of drug-likeness (QED) is 0.563. The van der Waals surface area contributed by atoms with E-state index in [2.05, 4.69) is 15.0 Å². The molecular weight excluding hydrogens is 408 g/mol. The molecule has 4 rings (SSSR count). The lowest BCUT2D eigenvalue weighted by molar-refractivity contribution is -0.132. The highest BCUT2D eigenvalue weighted by Gasteiger charge is 2.23. The number of carbonyl (C=O) groups is 1. The van der Waals surface area contributed by atoms with Crippen molar-refractivity contribution in [1.29, 1.82) is 0 Å². The Labute approximate surface area is 187 Å². The Hall–Kier alpha value is -3.39. The van der Waals surface area contributed by atoms with Gasteiger partial charge in [0.25, 0.3) is 0 Å². The number of aromatic nitrogens is 2. The van der Waals surface area contributed by atoms with Gasteiger partial charge >= 0.3 is 0 Å². The third-order valence-corrected chi connectivity index (χ3v) is 5.67. The number of hydrogen-bond donors (Lipinski definition) is 0. The Bertz CT molecular complexity index is 1060. The molecule has 1 aliphatic rings. The molecule has 2 heterocycles. The minimum absolute atomic E-state index is 0.108. The minimum Gasteiger partial charge on any atom is -0.493 e. The Balaban J connectivity index is 1.29. The zero-order valence-corrected chi connectivity index (χ0v) is 18.7. The molecule has 2 aromatic carbocycles. The van der Waals surface area contributed by atoms with Crippen molar-refractivity contribution in [2.24, 2.45) is 0 Å². The molecule has 168 valence electrons. The van der Waals surface area contributed by atoms with Crippen LogP contribution in [0.15, 0.2) is 47.0 Å².